The Hall–Kier alpha value is -1.78. The number of benzene rings is 3. The van der Waals surface area contributed by atoms with Gasteiger partial charge in [-0.2, -0.15) is 0 Å². The van der Waals surface area contributed by atoms with Crippen molar-refractivity contribution in [3.63, 3.8) is 0 Å². The molecule has 0 bridgehead atoms. The molecule has 0 radical (unpaired) electrons. The summed E-state index contributed by atoms with van der Waals surface area (Å²) in [6.45, 7) is 9.25. The predicted octanol–water partition coefficient (Wildman–Crippen LogP) is 8.43. The quantitative estimate of drug-likeness (QED) is 0.366. The first-order valence-corrected chi connectivity index (χ1v) is 11.3. The van der Waals surface area contributed by atoms with E-state index in [1.807, 2.05) is 42.5 Å². The Morgan fingerprint density at radius 2 is 1.28 bits per heavy atom. The monoisotopic (exact) mass is 518 g/mol. The Labute approximate surface area is 191 Å². The Morgan fingerprint density at radius 3 is 1.76 bits per heavy atom. The number of phenols is 1. The van der Waals surface area contributed by atoms with Crippen LogP contribution in [0, 0.1) is 0 Å². The van der Waals surface area contributed by atoms with Crippen molar-refractivity contribution in [2.24, 2.45) is 0 Å². The summed E-state index contributed by atoms with van der Waals surface area (Å²) in [4.78, 5) is 0. The highest BCUT2D eigenvalue weighted by Crippen LogP contribution is 2.35. The molecule has 0 aliphatic carbocycles. The minimum atomic E-state index is 0.263. The van der Waals surface area contributed by atoms with Crippen LogP contribution in [0.2, 0.25) is 0 Å². The van der Waals surface area contributed by atoms with Gasteiger partial charge >= 0.3 is 0 Å². The van der Waals surface area contributed by atoms with Crippen molar-refractivity contribution in [3.8, 4) is 11.5 Å². The third kappa shape index (κ3) is 7.52. The van der Waals surface area contributed by atoms with Crippen molar-refractivity contribution in [2.45, 2.75) is 46.1 Å². The van der Waals surface area contributed by atoms with E-state index in [1.165, 1.54) is 16.7 Å². The summed E-state index contributed by atoms with van der Waals surface area (Å²) in [6.07, 6.45) is 0. The summed E-state index contributed by atoms with van der Waals surface area (Å²) in [5.41, 5.74) is 3.74. The van der Waals surface area contributed by atoms with Crippen LogP contribution in [-0.2, 0) is 6.61 Å². The number of aromatic hydroxyl groups is 1. The molecule has 0 heterocycles. The van der Waals surface area contributed by atoms with Gasteiger partial charge in [-0.3, -0.25) is 0 Å². The smallest absolute Gasteiger partial charge is 0.143 e. The molecule has 0 spiro atoms. The van der Waals surface area contributed by atoms with Crippen molar-refractivity contribution >= 4 is 31.9 Å². The molecule has 0 aliphatic heterocycles. The van der Waals surface area contributed by atoms with Gasteiger partial charge in [0.15, 0.2) is 0 Å². The summed E-state index contributed by atoms with van der Waals surface area (Å²) in [5, 5.41) is 9.42. The van der Waals surface area contributed by atoms with Crippen LogP contribution in [0.1, 0.15) is 56.2 Å². The molecule has 29 heavy (non-hydrogen) atoms. The number of halogens is 2. The molecule has 0 fully saturated rings. The highest BCUT2D eigenvalue weighted by molar-refractivity contribution is 9.11. The van der Waals surface area contributed by atoms with Gasteiger partial charge in [0.1, 0.15) is 18.1 Å². The molecule has 154 valence electrons. The molecule has 0 saturated heterocycles. The lowest BCUT2D eigenvalue weighted by Gasteiger charge is -2.08. The Balaban J connectivity index is 0.000000221. The van der Waals surface area contributed by atoms with Gasteiger partial charge in [0.2, 0.25) is 0 Å². The van der Waals surface area contributed by atoms with E-state index in [0.717, 1.165) is 14.7 Å². The SMILES string of the molecule is CC(C)c1cc(Br)c(O)c(Br)c1.CC(C)c1ccc(OCc2ccccc2)cc1. The lowest BCUT2D eigenvalue weighted by molar-refractivity contribution is 0.306. The molecule has 0 unspecified atom stereocenters. The third-order valence-corrected chi connectivity index (χ3v) is 5.71. The zero-order valence-electron chi connectivity index (χ0n) is 17.3. The van der Waals surface area contributed by atoms with Crippen LogP contribution in [0.4, 0.5) is 0 Å². The zero-order valence-corrected chi connectivity index (χ0v) is 20.5. The molecule has 0 saturated carbocycles. The van der Waals surface area contributed by atoms with Crippen molar-refractivity contribution in [2.75, 3.05) is 0 Å². The number of rotatable bonds is 5. The highest BCUT2D eigenvalue weighted by atomic mass is 79.9. The summed E-state index contributed by atoms with van der Waals surface area (Å²) in [7, 11) is 0. The predicted molar refractivity (Wildman–Crippen MR) is 129 cm³/mol. The first kappa shape index (κ1) is 23.5. The van der Waals surface area contributed by atoms with Crippen LogP contribution in [0.3, 0.4) is 0 Å². The zero-order chi connectivity index (χ0) is 21.4. The maximum absolute atomic E-state index is 9.42. The average molecular weight is 520 g/mol. The normalized spacial score (nSPS) is 10.6. The third-order valence-electron chi connectivity index (χ3n) is 4.50. The van der Waals surface area contributed by atoms with E-state index < -0.39 is 0 Å². The molecule has 0 amide bonds. The fraction of sp³-hybridized carbons (Fsp3) is 0.280. The molecule has 3 aromatic rings. The van der Waals surface area contributed by atoms with E-state index in [9.17, 15) is 5.11 Å². The largest absolute Gasteiger partial charge is 0.506 e. The Morgan fingerprint density at radius 1 is 0.759 bits per heavy atom. The topological polar surface area (TPSA) is 29.5 Å². The Bertz CT molecular complexity index is 865. The minimum absolute atomic E-state index is 0.263. The van der Waals surface area contributed by atoms with Crippen LogP contribution < -0.4 is 4.74 Å². The van der Waals surface area contributed by atoms with Crippen molar-refractivity contribution < 1.29 is 9.84 Å². The van der Waals surface area contributed by atoms with Crippen LogP contribution in [-0.4, -0.2) is 5.11 Å². The van der Waals surface area contributed by atoms with Gasteiger partial charge in [0.05, 0.1) is 8.95 Å². The van der Waals surface area contributed by atoms with Crippen molar-refractivity contribution in [1.29, 1.82) is 0 Å². The molecule has 3 aromatic carbocycles. The second kappa shape index (κ2) is 11.4. The van der Waals surface area contributed by atoms with Gasteiger partial charge in [-0.05, 0) is 84.7 Å². The van der Waals surface area contributed by atoms with Crippen LogP contribution in [0.15, 0.2) is 75.7 Å². The summed E-state index contributed by atoms with van der Waals surface area (Å²) in [6, 6.07) is 22.4. The van der Waals surface area contributed by atoms with E-state index in [-0.39, 0.29) is 5.75 Å². The van der Waals surface area contributed by atoms with Gasteiger partial charge in [-0.15, -0.1) is 0 Å². The number of phenolic OH excluding ortho intramolecular Hbond substituents is 1. The molecule has 2 nitrogen and oxygen atoms in total. The standard InChI is InChI=1S/C16H18O.C9H10Br2O/c1-13(2)15-8-10-16(11-9-15)17-12-14-6-4-3-5-7-14;1-5(2)6-3-7(10)9(12)8(11)4-6/h3-11,13H,12H2,1-2H3;3-5,12H,1-2H3. The maximum atomic E-state index is 9.42. The Kier molecular flexibility index (Phi) is 9.25. The summed E-state index contributed by atoms with van der Waals surface area (Å²) >= 11 is 6.57. The van der Waals surface area contributed by atoms with E-state index in [2.05, 4.69) is 83.8 Å². The molecule has 3 rings (SSSR count). The number of hydrogen-bond acceptors (Lipinski definition) is 2. The molecular weight excluding hydrogens is 492 g/mol. The van der Waals surface area contributed by atoms with Gasteiger partial charge in [0.25, 0.3) is 0 Å². The van der Waals surface area contributed by atoms with Gasteiger partial charge in [-0.25, -0.2) is 0 Å². The second-order valence-electron chi connectivity index (χ2n) is 7.49. The van der Waals surface area contributed by atoms with Gasteiger partial charge in [0, 0.05) is 0 Å². The first-order chi connectivity index (χ1) is 13.8. The first-order valence-electron chi connectivity index (χ1n) is 9.72. The maximum Gasteiger partial charge on any atom is 0.143 e. The number of hydrogen-bond donors (Lipinski definition) is 1. The van der Waals surface area contributed by atoms with E-state index in [1.54, 1.807) is 0 Å². The van der Waals surface area contributed by atoms with Crippen molar-refractivity contribution in [3.05, 3.63) is 92.4 Å². The minimum Gasteiger partial charge on any atom is -0.506 e. The number of ether oxygens (including phenoxy) is 1. The average Bonchev–Trinajstić information content (AvgIpc) is 2.71. The molecule has 0 aliphatic rings. The summed E-state index contributed by atoms with van der Waals surface area (Å²) in [5.74, 6) is 2.23. The molecule has 0 atom stereocenters. The summed E-state index contributed by atoms with van der Waals surface area (Å²) < 4.78 is 7.20. The van der Waals surface area contributed by atoms with Crippen LogP contribution in [0.5, 0.6) is 11.5 Å². The van der Waals surface area contributed by atoms with E-state index in [0.29, 0.717) is 18.4 Å². The van der Waals surface area contributed by atoms with Crippen molar-refractivity contribution in [1.82, 2.24) is 0 Å². The highest BCUT2D eigenvalue weighted by Gasteiger charge is 2.07. The molecule has 4 heteroatoms. The molecular formula is C25H28Br2O2. The second-order valence-corrected chi connectivity index (χ2v) is 9.19. The molecule has 0 aromatic heterocycles. The van der Waals surface area contributed by atoms with E-state index in [4.69, 9.17) is 4.74 Å². The molecule has 1 N–H and O–H groups in total. The fourth-order valence-corrected chi connectivity index (χ4v) is 3.83. The van der Waals surface area contributed by atoms with E-state index >= 15 is 0 Å². The van der Waals surface area contributed by atoms with Gasteiger partial charge in [-0.1, -0.05) is 70.2 Å². The lowest BCUT2D eigenvalue weighted by Crippen LogP contribution is -1.95. The van der Waals surface area contributed by atoms with Gasteiger partial charge < -0.3 is 9.84 Å². The van der Waals surface area contributed by atoms with Crippen LogP contribution in [0.25, 0.3) is 0 Å². The fourth-order valence-electron chi connectivity index (χ4n) is 2.61. The lowest BCUT2D eigenvalue weighted by atomic mass is 10.0. The van der Waals surface area contributed by atoms with Crippen LogP contribution >= 0.6 is 31.9 Å².